The fourth-order valence-electron chi connectivity index (χ4n) is 4.45. The summed E-state index contributed by atoms with van der Waals surface area (Å²) in [5.74, 6) is 1.57. The number of nitrogens with one attached hydrogen (secondary N) is 1. The van der Waals surface area contributed by atoms with E-state index in [-0.39, 0.29) is 17.7 Å². The van der Waals surface area contributed by atoms with Crippen molar-refractivity contribution < 1.29 is 23.9 Å². The molecule has 0 saturated heterocycles. The number of anilines is 1. The number of rotatable bonds is 6. The van der Waals surface area contributed by atoms with Crippen LogP contribution >= 0.6 is 0 Å². The fourth-order valence-corrected chi connectivity index (χ4v) is 4.45. The zero-order valence-electron chi connectivity index (χ0n) is 20.9. The maximum absolute atomic E-state index is 13.4. The predicted octanol–water partition coefficient (Wildman–Crippen LogP) is 5.47. The Morgan fingerprint density at radius 2 is 1.81 bits per heavy atom. The van der Waals surface area contributed by atoms with Crippen molar-refractivity contribution in [2.45, 2.75) is 19.9 Å². The van der Waals surface area contributed by atoms with Crippen molar-refractivity contribution in [2.24, 2.45) is 0 Å². The van der Waals surface area contributed by atoms with Crippen LogP contribution in [0, 0.1) is 6.92 Å². The summed E-state index contributed by atoms with van der Waals surface area (Å²) < 4.78 is 16.3. The Labute approximate surface area is 214 Å². The molecule has 37 heavy (non-hydrogen) atoms. The van der Waals surface area contributed by atoms with Gasteiger partial charge in [0.2, 0.25) is 5.82 Å². The van der Waals surface area contributed by atoms with E-state index in [2.05, 4.69) is 15.5 Å². The number of aryl methyl sites for hydroxylation is 1. The Hall–Kier alpha value is -4.79. The molecule has 0 spiro atoms. The molecule has 4 aromatic rings. The smallest absolute Gasteiger partial charge is 0.326 e. The van der Waals surface area contributed by atoms with Crippen LogP contribution < -0.4 is 19.7 Å². The van der Waals surface area contributed by atoms with Crippen molar-refractivity contribution in [1.29, 1.82) is 0 Å². The first kappa shape index (κ1) is 23.9. The van der Waals surface area contributed by atoms with Gasteiger partial charge in [-0.15, -0.1) is 0 Å². The number of allylic oxidation sites excluding steroid dienone is 1. The highest BCUT2D eigenvalue weighted by molar-refractivity contribution is 6.01. The van der Waals surface area contributed by atoms with Gasteiger partial charge in [0.15, 0.2) is 11.5 Å². The molecule has 1 aromatic heterocycles. The number of carbonyl (C=O) groups is 1. The lowest BCUT2D eigenvalue weighted by Crippen LogP contribution is -2.46. The molecule has 0 aliphatic carbocycles. The van der Waals surface area contributed by atoms with Crippen LogP contribution in [-0.4, -0.2) is 35.5 Å². The second-order valence-electron chi connectivity index (χ2n) is 8.64. The molecule has 9 nitrogen and oxygen atoms in total. The van der Waals surface area contributed by atoms with Crippen molar-refractivity contribution in [3.63, 3.8) is 0 Å². The number of methoxy groups -OCH3 is 2. The summed E-state index contributed by atoms with van der Waals surface area (Å²) in [6.45, 7) is 3.80. The highest BCUT2D eigenvalue weighted by Gasteiger charge is 2.37. The van der Waals surface area contributed by atoms with Gasteiger partial charge >= 0.3 is 6.03 Å². The minimum Gasteiger partial charge on any atom is -0.504 e. The van der Waals surface area contributed by atoms with Crippen LogP contribution in [0.3, 0.4) is 0 Å². The Balaban J connectivity index is 1.66. The number of aromatic hydroxyl groups is 1. The van der Waals surface area contributed by atoms with Crippen LogP contribution in [-0.2, 0) is 0 Å². The molecule has 9 heteroatoms. The van der Waals surface area contributed by atoms with E-state index in [0.717, 1.165) is 11.1 Å². The number of phenols is 1. The van der Waals surface area contributed by atoms with E-state index in [9.17, 15) is 9.90 Å². The summed E-state index contributed by atoms with van der Waals surface area (Å²) >= 11 is 0. The molecule has 2 N–H and O–H groups in total. The highest BCUT2D eigenvalue weighted by atomic mass is 16.5. The van der Waals surface area contributed by atoms with E-state index in [1.807, 2.05) is 62.4 Å². The molecule has 1 aliphatic rings. The summed E-state index contributed by atoms with van der Waals surface area (Å²) in [6, 6.07) is 19.0. The quantitative estimate of drug-likeness (QED) is 0.363. The first-order valence-corrected chi connectivity index (χ1v) is 11.6. The molecule has 1 aliphatic heterocycles. The number of phenolic OH excluding ortho intramolecular Hbond substituents is 1. The van der Waals surface area contributed by atoms with E-state index >= 15 is 0 Å². The number of nitrogens with zero attached hydrogens (tertiary/aromatic N) is 3. The summed E-state index contributed by atoms with van der Waals surface area (Å²) in [6.07, 6.45) is 0. The van der Waals surface area contributed by atoms with Crippen LogP contribution in [0.25, 0.3) is 17.0 Å². The topological polar surface area (TPSA) is 110 Å². The van der Waals surface area contributed by atoms with Gasteiger partial charge in [-0.05, 0) is 61.4 Å². The number of benzene rings is 3. The Bertz CT molecular complexity index is 1510. The van der Waals surface area contributed by atoms with Crippen molar-refractivity contribution in [3.05, 3.63) is 89.4 Å². The molecule has 188 valence electrons. The number of hydrogen-bond acceptors (Lipinski definition) is 7. The summed E-state index contributed by atoms with van der Waals surface area (Å²) in [7, 11) is 3.07. The normalized spacial score (nSPS) is 15.5. The molecule has 1 unspecified atom stereocenters. The Kier molecular flexibility index (Phi) is 6.27. The van der Waals surface area contributed by atoms with Gasteiger partial charge in [-0.25, -0.2) is 4.79 Å². The molecular formula is C28H26N4O5. The number of hydrogen-bond donors (Lipinski definition) is 2. The van der Waals surface area contributed by atoms with Crippen LogP contribution in [0.5, 0.6) is 17.2 Å². The van der Waals surface area contributed by atoms with Crippen LogP contribution in [0.2, 0.25) is 0 Å². The first-order chi connectivity index (χ1) is 17.9. The third kappa shape index (κ3) is 4.47. The molecule has 0 bridgehead atoms. The third-order valence-electron chi connectivity index (χ3n) is 6.27. The highest BCUT2D eigenvalue weighted by Crippen LogP contribution is 2.41. The van der Waals surface area contributed by atoms with Crippen molar-refractivity contribution in [2.75, 3.05) is 19.1 Å². The van der Waals surface area contributed by atoms with Crippen molar-refractivity contribution in [1.82, 2.24) is 15.5 Å². The number of carbonyl (C=O) groups excluding carboxylic acids is 1. The minimum atomic E-state index is -0.663. The van der Waals surface area contributed by atoms with Crippen molar-refractivity contribution >= 4 is 17.3 Å². The molecule has 1 atom stereocenters. The molecule has 0 saturated carbocycles. The molecule has 2 heterocycles. The lowest BCUT2D eigenvalue weighted by molar-refractivity contribution is 0.244. The van der Waals surface area contributed by atoms with Gasteiger partial charge in [0.25, 0.3) is 5.89 Å². The van der Waals surface area contributed by atoms with E-state index < -0.39 is 6.04 Å². The molecule has 0 radical (unpaired) electrons. The first-order valence-electron chi connectivity index (χ1n) is 11.6. The summed E-state index contributed by atoms with van der Waals surface area (Å²) in [4.78, 5) is 19.7. The van der Waals surface area contributed by atoms with Crippen LogP contribution in [0.1, 0.15) is 30.0 Å². The number of ether oxygens (including phenoxy) is 2. The van der Waals surface area contributed by atoms with Crippen LogP contribution in [0.4, 0.5) is 10.5 Å². The second-order valence-corrected chi connectivity index (χ2v) is 8.64. The summed E-state index contributed by atoms with van der Waals surface area (Å²) in [5.41, 5.74) is 4.30. The maximum Gasteiger partial charge on any atom is 0.326 e. The zero-order chi connectivity index (χ0) is 26.1. The molecule has 0 fully saturated rings. The summed E-state index contributed by atoms with van der Waals surface area (Å²) in [5, 5.41) is 17.7. The molecule has 5 rings (SSSR count). The average molecular weight is 499 g/mol. The van der Waals surface area contributed by atoms with Gasteiger partial charge in [-0.3, -0.25) is 4.90 Å². The number of aromatic nitrogens is 2. The van der Waals surface area contributed by atoms with E-state index in [4.69, 9.17) is 14.0 Å². The zero-order valence-corrected chi connectivity index (χ0v) is 20.9. The second kappa shape index (κ2) is 9.69. The van der Waals surface area contributed by atoms with Gasteiger partial charge in [0.05, 0.1) is 31.5 Å². The van der Waals surface area contributed by atoms with E-state index in [1.54, 1.807) is 30.2 Å². The van der Waals surface area contributed by atoms with Gasteiger partial charge in [0, 0.05) is 11.3 Å². The molecular weight excluding hydrogens is 472 g/mol. The monoisotopic (exact) mass is 498 g/mol. The SMILES string of the molecule is COc1cccc(-c2noc(C3=C(C)N(c4cccc(C)c4)C(=O)NC3c3ccc(OC)c(O)c3)n2)c1. The van der Waals surface area contributed by atoms with Gasteiger partial charge in [-0.2, -0.15) is 4.98 Å². The minimum absolute atomic E-state index is 0.0463. The number of amides is 2. The van der Waals surface area contributed by atoms with Crippen LogP contribution in [0.15, 0.2) is 77.0 Å². The lowest BCUT2D eigenvalue weighted by Gasteiger charge is -2.35. The number of urea groups is 1. The Morgan fingerprint density at radius 3 is 2.54 bits per heavy atom. The van der Waals surface area contributed by atoms with Gasteiger partial charge in [0.1, 0.15) is 5.75 Å². The van der Waals surface area contributed by atoms with E-state index in [0.29, 0.717) is 39.8 Å². The Morgan fingerprint density at radius 1 is 1.00 bits per heavy atom. The average Bonchev–Trinajstić information content (AvgIpc) is 3.38. The predicted molar refractivity (Wildman–Crippen MR) is 138 cm³/mol. The largest absolute Gasteiger partial charge is 0.504 e. The molecule has 3 aromatic carbocycles. The lowest BCUT2D eigenvalue weighted by atomic mass is 9.94. The molecule has 2 amide bonds. The van der Waals surface area contributed by atoms with E-state index in [1.165, 1.54) is 7.11 Å². The fraction of sp³-hybridized carbons (Fsp3) is 0.179. The van der Waals surface area contributed by atoms with Gasteiger partial charge in [-0.1, -0.05) is 35.5 Å². The maximum atomic E-state index is 13.4. The third-order valence-corrected chi connectivity index (χ3v) is 6.27. The van der Waals surface area contributed by atoms with Crippen molar-refractivity contribution in [3.8, 4) is 28.6 Å². The standard InChI is InChI=1S/C28H26N4O5/c1-16-7-5-9-20(13-16)32-17(2)24(25(29-28(32)34)18-11-12-23(36-4)22(33)15-18)27-30-26(31-37-27)19-8-6-10-21(14-19)35-3/h5-15,25,33H,1-4H3,(H,29,34). The van der Waals surface area contributed by atoms with Gasteiger partial charge < -0.3 is 24.4 Å².